The van der Waals surface area contributed by atoms with Gasteiger partial charge in [-0.1, -0.05) is 32.1 Å². The molecule has 0 bridgehead atoms. The van der Waals surface area contributed by atoms with E-state index >= 15 is 0 Å². The summed E-state index contributed by atoms with van der Waals surface area (Å²) in [6.07, 6.45) is 5.89. The average molecular weight is 138 g/mol. The Morgan fingerprint density at radius 2 is 2.20 bits per heavy atom. The van der Waals surface area contributed by atoms with Crippen LogP contribution < -0.4 is 0 Å². The van der Waals surface area contributed by atoms with E-state index in [1.54, 1.807) is 6.08 Å². The van der Waals surface area contributed by atoms with Gasteiger partial charge in [0.2, 0.25) is 0 Å². The lowest BCUT2D eigenvalue weighted by molar-refractivity contribution is -0.113. The van der Waals surface area contributed by atoms with Crippen molar-refractivity contribution >= 4 is 5.78 Å². The molecule has 0 fully saturated rings. The molecule has 0 rings (SSSR count). The Kier molecular flexibility index (Phi) is 4.55. The standard InChI is InChI=1S/C9H14O/c1-4-5-6-7-8(2)9(3)10/h6-7H,2,4-5H2,1,3H3/b7-6+. The smallest absolute Gasteiger partial charge is 0.159 e. The molecule has 0 spiro atoms. The zero-order valence-corrected chi connectivity index (χ0v) is 6.68. The second-order valence-corrected chi connectivity index (χ2v) is 2.27. The number of allylic oxidation sites excluding steroid dienone is 3. The second-order valence-electron chi connectivity index (χ2n) is 2.27. The van der Waals surface area contributed by atoms with Crippen molar-refractivity contribution in [2.24, 2.45) is 0 Å². The molecule has 56 valence electrons. The van der Waals surface area contributed by atoms with Gasteiger partial charge in [0.15, 0.2) is 5.78 Å². The van der Waals surface area contributed by atoms with E-state index in [9.17, 15) is 4.79 Å². The topological polar surface area (TPSA) is 17.1 Å². The van der Waals surface area contributed by atoms with Gasteiger partial charge in [0.25, 0.3) is 0 Å². The predicted octanol–water partition coefficient (Wildman–Crippen LogP) is 2.49. The normalized spacial score (nSPS) is 10.2. The van der Waals surface area contributed by atoms with Gasteiger partial charge in [0.1, 0.15) is 0 Å². The van der Waals surface area contributed by atoms with Crippen molar-refractivity contribution in [3.63, 3.8) is 0 Å². The molecule has 1 nitrogen and oxygen atoms in total. The maximum absolute atomic E-state index is 10.6. The molecule has 0 unspecified atom stereocenters. The summed E-state index contributed by atoms with van der Waals surface area (Å²) >= 11 is 0. The molecule has 0 atom stereocenters. The zero-order valence-electron chi connectivity index (χ0n) is 6.68. The van der Waals surface area contributed by atoms with Crippen LogP contribution in [0.2, 0.25) is 0 Å². The van der Waals surface area contributed by atoms with Gasteiger partial charge in [-0.3, -0.25) is 4.79 Å². The fourth-order valence-corrected chi connectivity index (χ4v) is 0.510. The van der Waals surface area contributed by atoms with Crippen LogP contribution in [0.5, 0.6) is 0 Å². The summed E-state index contributed by atoms with van der Waals surface area (Å²) < 4.78 is 0. The highest BCUT2D eigenvalue weighted by Gasteiger charge is 1.91. The SMILES string of the molecule is C=C(/C=C/CCC)C(C)=O. The number of ketones is 1. The molecule has 0 saturated heterocycles. The predicted molar refractivity (Wildman–Crippen MR) is 43.9 cm³/mol. The minimum Gasteiger partial charge on any atom is -0.295 e. The molecule has 0 aromatic heterocycles. The van der Waals surface area contributed by atoms with E-state index in [1.807, 2.05) is 6.08 Å². The van der Waals surface area contributed by atoms with Crippen LogP contribution >= 0.6 is 0 Å². The molecule has 0 aromatic carbocycles. The molecule has 0 heterocycles. The number of hydrogen-bond donors (Lipinski definition) is 0. The Hall–Kier alpha value is -0.850. The Bertz CT molecular complexity index is 154. The first kappa shape index (κ1) is 9.15. The van der Waals surface area contributed by atoms with Gasteiger partial charge >= 0.3 is 0 Å². The van der Waals surface area contributed by atoms with E-state index in [2.05, 4.69) is 13.5 Å². The third kappa shape index (κ3) is 4.07. The molecule has 0 amide bonds. The summed E-state index contributed by atoms with van der Waals surface area (Å²) in [6, 6.07) is 0. The first-order chi connectivity index (χ1) is 4.68. The third-order valence-corrected chi connectivity index (χ3v) is 1.23. The summed E-state index contributed by atoms with van der Waals surface area (Å²) in [4.78, 5) is 10.6. The molecule has 0 aliphatic heterocycles. The molecule has 10 heavy (non-hydrogen) atoms. The lowest BCUT2D eigenvalue weighted by Crippen LogP contribution is -1.89. The lowest BCUT2D eigenvalue weighted by Gasteiger charge is -1.89. The number of carbonyl (C=O) groups is 1. The number of carbonyl (C=O) groups excluding carboxylic acids is 1. The number of hydrogen-bond acceptors (Lipinski definition) is 1. The summed E-state index contributed by atoms with van der Waals surface area (Å²) in [5, 5.41) is 0. The average Bonchev–Trinajstić information content (AvgIpc) is 1.88. The van der Waals surface area contributed by atoms with E-state index in [0.717, 1.165) is 12.8 Å². The van der Waals surface area contributed by atoms with Crippen LogP contribution in [0.1, 0.15) is 26.7 Å². The fourth-order valence-electron chi connectivity index (χ4n) is 0.510. The summed E-state index contributed by atoms with van der Waals surface area (Å²) in [5.41, 5.74) is 0.591. The molecule has 0 aromatic rings. The van der Waals surface area contributed by atoms with Gasteiger partial charge in [-0.15, -0.1) is 0 Å². The first-order valence-electron chi connectivity index (χ1n) is 3.55. The van der Waals surface area contributed by atoms with Crippen molar-refractivity contribution in [2.45, 2.75) is 26.7 Å². The monoisotopic (exact) mass is 138 g/mol. The Labute approximate surface area is 62.4 Å². The van der Waals surface area contributed by atoms with Crippen LogP contribution in [0, 0.1) is 0 Å². The van der Waals surface area contributed by atoms with Gasteiger partial charge in [-0.05, 0) is 13.3 Å². The number of rotatable bonds is 4. The maximum atomic E-state index is 10.6. The maximum Gasteiger partial charge on any atom is 0.159 e. The van der Waals surface area contributed by atoms with Crippen LogP contribution in [0.25, 0.3) is 0 Å². The van der Waals surface area contributed by atoms with E-state index in [4.69, 9.17) is 0 Å². The summed E-state index contributed by atoms with van der Waals surface area (Å²) in [7, 11) is 0. The van der Waals surface area contributed by atoms with Gasteiger partial charge < -0.3 is 0 Å². The highest BCUT2D eigenvalue weighted by atomic mass is 16.1. The van der Waals surface area contributed by atoms with Gasteiger partial charge in [-0.2, -0.15) is 0 Å². The van der Waals surface area contributed by atoms with E-state index in [1.165, 1.54) is 6.92 Å². The third-order valence-electron chi connectivity index (χ3n) is 1.23. The number of Topliss-reactive ketones (excluding diaryl/α,β-unsaturated/α-hetero) is 1. The zero-order chi connectivity index (χ0) is 7.98. The highest BCUT2D eigenvalue weighted by molar-refractivity contribution is 5.95. The Morgan fingerprint density at radius 1 is 1.60 bits per heavy atom. The van der Waals surface area contributed by atoms with Crippen molar-refractivity contribution in [2.75, 3.05) is 0 Å². The van der Waals surface area contributed by atoms with Gasteiger partial charge in [-0.25, -0.2) is 0 Å². The van der Waals surface area contributed by atoms with Gasteiger partial charge in [0.05, 0.1) is 0 Å². The van der Waals surface area contributed by atoms with Gasteiger partial charge in [0, 0.05) is 5.57 Å². The first-order valence-corrected chi connectivity index (χ1v) is 3.55. The molecule has 0 saturated carbocycles. The van der Waals surface area contributed by atoms with Crippen LogP contribution in [0.3, 0.4) is 0 Å². The van der Waals surface area contributed by atoms with Crippen LogP contribution in [-0.2, 0) is 4.79 Å². The highest BCUT2D eigenvalue weighted by Crippen LogP contribution is 1.96. The van der Waals surface area contributed by atoms with E-state index in [0.29, 0.717) is 5.57 Å². The molecular formula is C9H14O. The largest absolute Gasteiger partial charge is 0.295 e. The van der Waals surface area contributed by atoms with Crippen molar-refractivity contribution in [1.82, 2.24) is 0 Å². The molecule has 0 N–H and O–H groups in total. The second kappa shape index (κ2) is 4.98. The van der Waals surface area contributed by atoms with Crippen molar-refractivity contribution in [1.29, 1.82) is 0 Å². The van der Waals surface area contributed by atoms with E-state index in [-0.39, 0.29) is 5.78 Å². The van der Waals surface area contributed by atoms with Crippen molar-refractivity contribution in [3.05, 3.63) is 24.3 Å². The molecular weight excluding hydrogens is 124 g/mol. The minimum absolute atomic E-state index is 0.0485. The quantitative estimate of drug-likeness (QED) is 0.431. The molecule has 1 heteroatoms. The van der Waals surface area contributed by atoms with Crippen molar-refractivity contribution < 1.29 is 4.79 Å². The molecule has 0 radical (unpaired) electrons. The summed E-state index contributed by atoms with van der Waals surface area (Å²) in [5.74, 6) is 0.0485. The Balaban J connectivity index is 3.67. The lowest BCUT2D eigenvalue weighted by atomic mass is 10.2. The molecule has 0 aliphatic carbocycles. The summed E-state index contributed by atoms with van der Waals surface area (Å²) in [6.45, 7) is 7.21. The van der Waals surface area contributed by atoms with Crippen LogP contribution in [-0.4, -0.2) is 5.78 Å². The van der Waals surface area contributed by atoms with Crippen molar-refractivity contribution in [3.8, 4) is 0 Å². The molecule has 0 aliphatic rings. The minimum atomic E-state index is 0.0485. The van der Waals surface area contributed by atoms with E-state index < -0.39 is 0 Å². The Morgan fingerprint density at radius 3 is 2.60 bits per heavy atom. The van der Waals surface area contributed by atoms with Crippen LogP contribution in [0.4, 0.5) is 0 Å². The number of unbranched alkanes of at least 4 members (excludes halogenated alkanes) is 1. The van der Waals surface area contributed by atoms with Crippen LogP contribution in [0.15, 0.2) is 24.3 Å². The fraction of sp³-hybridized carbons (Fsp3) is 0.444.